The highest BCUT2D eigenvalue weighted by molar-refractivity contribution is 7.89. The van der Waals surface area contributed by atoms with Crippen LogP contribution in [0.25, 0.3) is 10.8 Å². The molecule has 0 saturated carbocycles. The third-order valence-corrected chi connectivity index (χ3v) is 8.34. The van der Waals surface area contributed by atoms with Gasteiger partial charge in [0.25, 0.3) is 0 Å². The van der Waals surface area contributed by atoms with Crippen molar-refractivity contribution >= 4 is 20.8 Å². The highest BCUT2D eigenvalue weighted by atomic mass is 32.2. The van der Waals surface area contributed by atoms with E-state index in [4.69, 9.17) is 5.73 Å². The molecule has 0 unspecified atom stereocenters. The second-order valence-corrected chi connectivity index (χ2v) is 10.1. The van der Waals surface area contributed by atoms with E-state index >= 15 is 0 Å². The lowest BCUT2D eigenvalue weighted by atomic mass is 9.59. The van der Waals surface area contributed by atoms with Crippen LogP contribution < -0.4 is 10.5 Å². The minimum Gasteiger partial charge on any atom is -0.325 e. The second-order valence-electron chi connectivity index (χ2n) is 8.41. The van der Waals surface area contributed by atoms with E-state index < -0.39 is 16.1 Å². The van der Waals surface area contributed by atoms with Crippen LogP contribution in [0.2, 0.25) is 0 Å². The van der Waals surface area contributed by atoms with E-state index in [-0.39, 0.29) is 17.9 Å². The largest absolute Gasteiger partial charge is 0.325 e. The molecule has 3 N–H and O–H groups in total. The summed E-state index contributed by atoms with van der Waals surface area (Å²) < 4.78 is 30.2. The van der Waals surface area contributed by atoms with Crippen molar-refractivity contribution in [2.45, 2.75) is 28.8 Å². The number of sulfonamides is 1. The van der Waals surface area contributed by atoms with E-state index in [1.807, 2.05) is 54.6 Å². The number of nitrogens with one attached hydrogen (secondary N) is 1. The Morgan fingerprint density at radius 2 is 1.16 bits per heavy atom. The molecule has 0 saturated heterocycles. The van der Waals surface area contributed by atoms with Crippen molar-refractivity contribution in [3.05, 3.63) is 113 Å². The predicted octanol–water partition coefficient (Wildman–Crippen LogP) is 4.11. The highest BCUT2D eigenvalue weighted by Gasteiger charge is 2.49. The van der Waals surface area contributed by atoms with Crippen LogP contribution in [0, 0.1) is 0 Å². The van der Waals surface area contributed by atoms with E-state index in [1.165, 1.54) is 22.3 Å². The van der Waals surface area contributed by atoms with Crippen molar-refractivity contribution in [2.75, 3.05) is 0 Å². The molecule has 154 valence electrons. The summed E-state index contributed by atoms with van der Waals surface area (Å²) in [6.07, 6.45) is 0. The minimum absolute atomic E-state index is 0.0300. The molecule has 3 aliphatic rings. The number of hydrogen-bond donors (Lipinski definition) is 2. The summed E-state index contributed by atoms with van der Waals surface area (Å²) in [5.74, 6) is -0.144. The molecule has 0 aliphatic heterocycles. The molecule has 2 bridgehead atoms. The predicted molar refractivity (Wildman–Crippen MR) is 123 cm³/mol. The van der Waals surface area contributed by atoms with Crippen LogP contribution in [-0.2, 0) is 10.0 Å². The first-order valence-corrected chi connectivity index (χ1v) is 12.0. The van der Waals surface area contributed by atoms with Gasteiger partial charge in [-0.05, 0) is 33.7 Å². The maximum absolute atomic E-state index is 13.6. The Hall–Kier alpha value is -2.99. The lowest BCUT2D eigenvalue weighted by Gasteiger charge is -2.49. The normalized spacial score (nSPS) is 24.0. The molecule has 0 radical (unpaired) electrons. The summed E-state index contributed by atoms with van der Waals surface area (Å²) in [7, 11) is -3.78. The lowest BCUT2D eigenvalue weighted by Crippen LogP contribution is -2.59. The van der Waals surface area contributed by atoms with Gasteiger partial charge in [-0.3, -0.25) is 0 Å². The van der Waals surface area contributed by atoms with Gasteiger partial charge in [0.1, 0.15) is 0 Å². The van der Waals surface area contributed by atoms with Crippen molar-refractivity contribution in [2.24, 2.45) is 5.73 Å². The van der Waals surface area contributed by atoms with E-state index in [0.29, 0.717) is 10.3 Å². The van der Waals surface area contributed by atoms with Crippen LogP contribution in [0.3, 0.4) is 0 Å². The van der Waals surface area contributed by atoms with Gasteiger partial charge in [-0.1, -0.05) is 84.9 Å². The molecule has 31 heavy (non-hydrogen) atoms. The number of hydrogen-bond acceptors (Lipinski definition) is 3. The molecule has 0 spiro atoms. The molecule has 4 aromatic rings. The molecule has 0 fully saturated rings. The second kappa shape index (κ2) is 6.76. The van der Waals surface area contributed by atoms with Gasteiger partial charge in [-0.25, -0.2) is 13.1 Å². The Balaban J connectivity index is 1.49. The zero-order valence-corrected chi connectivity index (χ0v) is 17.6. The SMILES string of the molecule is N[C@@H]1C2c3ccccc3C(c3ccccc32)[C@@H]1NS(=O)(=O)c1cccc2ccccc12. The lowest BCUT2D eigenvalue weighted by molar-refractivity contribution is 0.360. The highest BCUT2D eigenvalue weighted by Crippen LogP contribution is 2.52. The van der Waals surface area contributed by atoms with Crippen molar-refractivity contribution in [1.82, 2.24) is 4.72 Å². The summed E-state index contributed by atoms with van der Waals surface area (Å²) in [5, 5.41) is 1.61. The summed E-state index contributed by atoms with van der Waals surface area (Å²) in [5.41, 5.74) is 11.5. The zero-order valence-electron chi connectivity index (χ0n) is 16.8. The van der Waals surface area contributed by atoms with Gasteiger partial charge in [0.15, 0.2) is 0 Å². The fourth-order valence-electron chi connectivity index (χ4n) is 5.54. The van der Waals surface area contributed by atoms with E-state index in [0.717, 1.165) is 5.39 Å². The van der Waals surface area contributed by atoms with Crippen LogP contribution >= 0.6 is 0 Å². The van der Waals surface area contributed by atoms with Crippen LogP contribution in [0.4, 0.5) is 0 Å². The Bertz CT molecular complexity index is 1380. The average Bonchev–Trinajstić information content (AvgIpc) is 2.80. The molecule has 3 aliphatic carbocycles. The minimum atomic E-state index is -3.78. The quantitative estimate of drug-likeness (QED) is 0.518. The van der Waals surface area contributed by atoms with Crippen LogP contribution in [0.1, 0.15) is 34.1 Å². The molecule has 4 nitrogen and oxygen atoms in total. The number of benzene rings is 4. The molecule has 2 atom stereocenters. The van der Waals surface area contributed by atoms with Gasteiger partial charge >= 0.3 is 0 Å². The monoisotopic (exact) mass is 426 g/mol. The molecule has 4 aromatic carbocycles. The smallest absolute Gasteiger partial charge is 0.241 e. The van der Waals surface area contributed by atoms with Crippen LogP contribution in [-0.4, -0.2) is 20.5 Å². The van der Waals surface area contributed by atoms with Gasteiger partial charge in [-0.2, -0.15) is 0 Å². The molecular formula is C26H22N2O2S. The van der Waals surface area contributed by atoms with Crippen molar-refractivity contribution in [1.29, 1.82) is 0 Å². The summed E-state index contributed by atoms with van der Waals surface area (Å²) >= 11 is 0. The Kier molecular flexibility index (Phi) is 4.09. The Labute approximate surface area is 181 Å². The molecular weight excluding hydrogens is 404 g/mol. The number of fused-ring (bicyclic) bond motifs is 2. The number of nitrogens with two attached hydrogens (primary N) is 1. The van der Waals surface area contributed by atoms with E-state index in [9.17, 15) is 8.42 Å². The van der Waals surface area contributed by atoms with Gasteiger partial charge in [-0.15, -0.1) is 0 Å². The van der Waals surface area contributed by atoms with Crippen LogP contribution in [0.15, 0.2) is 95.9 Å². The molecule has 5 heteroatoms. The third kappa shape index (κ3) is 2.71. The maximum atomic E-state index is 13.6. The molecule has 0 heterocycles. The first-order valence-electron chi connectivity index (χ1n) is 10.5. The number of rotatable bonds is 3. The van der Waals surface area contributed by atoms with Crippen LogP contribution in [0.5, 0.6) is 0 Å². The first-order chi connectivity index (χ1) is 15.1. The Morgan fingerprint density at radius 1 is 0.645 bits per heavy atom. The van der Waals surface area contributed by atoms with Gasteiger partial charge in [0.2, 0.25) is 10.0 Å². The van der Waals surface area contributed by atoms with Crippen molar-refractivity contribution < 1.29 is 8.42 Å². The summed E-state index contributed by atoms with van der Waals surface area (Å²) in [6, 6.07) is 28.7. The standard InChI is InChI=1S/C26H22N2O2S/c27-25-23-18-11-3-5-13-20(18)24(21-14-6-4-12-19(21)23)26(25)28-31(29,30)22-15-7-9-16-8-1-2-10-17(16)22/h1-15,23-26,28H,27H2/t23?,24?,25-,26+/m1/s1. The van der Waals surface area contributed by atoms with E-state index in [2.05, 4.69) is 29.0 Å². The first kappa shape index (κ1) is 18.8. The fourth-order valence-corrected chi connectivity index (χ4v) is 7.05. The fraction of sp³-hybridized carbons (Fsp3) is 0.154. The van der Waals surface area contributed by atoms with Gasteiger partial charge in [0.05, 0.1) is 4.90 Å². The molecule has 0 amide bonds. The van der Waals surface area contributed by atoms with E-state index in [1.54, 1.807) is 12.1 Å². The van der Waals surface area contributed by atoms with Gasteiger partial charge < -0.3 is 5.73 Å². The average molecular weight is 427 g/mol. The molecule has 7 rings (SSSR count). The molecule has 0 aromatic heterocycles. The third-order valence-electron chi connectivity index (χ3n) is 6.82. The zero-order chi connectivity index (χ0) is 21.2. The summed E-state index contributed by atoms with van der Waals surface area (Å²) in [4.78, 5) is 0.292. The maximum Gasteiger partial charge on any atom is 0.241 e. The van der Waals surface area contributed by atoms with Crippen molar-refractivity contribution in [3.8, 4) is 0 Å². The Morgan fingerprint density at radius 3 is 1.81 bits per heavy atom. The topological polar surface area (TPSA) is 72.2 Å². The van der Waals surface area contributed by atoms with Crippen molar-refractivity contribution in [3.63, 3.8) is 0 Å². The summed E-state index contributed by atoms with van der Waals surface area (Å²) in [6.45, 7) is 0. The van der Waals surface area contributed by atoms with Gasteiger partial charge in [0, 0.05) is 29.3 Å².